The molecule has 124 valence electrons. The number of halogens is 2. The number of ether oxygens (including phenoxy) is 4. The van der Waals surface area contributed by atoms with E-state index in [1.807, 2.05) is 0 Å². The third-order valence-electron chi connectivity index (χ3n) is 2.54. The van der Waals surface area contributed by atoms with Crippen LogP contribution in [0.3, 0.4) is 0 Å². The zero-order chi connectivity index (χ0) is 16.2. The summed E-state index contributed by atoms with van der Waals surface area (Å²) in [6, 6.07) is 4.76. The number of benzene rings is 1. The summed E-state index contributed by atoms with van der Waals surface area (Å²) < 4.78 is 20.5. The topological polar surface area (TPSA) is 54.0 Å². The van der Waals surface area contributed by atoms with Gasteiger partial charge in [-0.1, -0.05) is 36.5 Å². The molecule has 0 bridgehead atoms. The highest BCUT2D eigenvalue weighted by molar-refractivity contribution is 6.35. The Balaban J connectivity index is 2.06. The maximum atomic E-state index is 11.5. The van der Waals surface area contributed by atoms with E-state index in [-0.39, 0.29) is 26.6 Å². The van der Waals surface area contributed by atoms with Crippen molar-refractivity contribution in [2.45, 2.75) is 19.8 Å². The lowest BCUT2D eigenvalue weighted by Gasteiger charge is -2.09. The molecule has 0 unspecified atom stereocenters. The number of unbranched alkanes of at least 4 members (excludes halogenated alkanes) is 1. The van der Waals surface area contributed by atoms with Gasteiger partial charge in [-0.2, -0.15) is 0 Å². The number of rotatable bonds is 11. The van der Waals surface area contributed by atoms with E-state index in [4.69, 9.17) is 42.1 Å². The molecule has 0 spiro atoms. The largest absolute Gasteiger partial charge is 0.480 e. The molecule has 0 radical (unpaired) electrons. The second kappa shape index (κ2) is 11.5. The Labute approximate surface area is 140 Å². The average Bonchev–Trinajstić information content (AvgIpc) is 2.49. The average molecular weight is 351 g/mol. The van der Waals surface area contributed by atoms with E-state index in [1.54, 1.807) is 12.1 Å². The first kappa shape index (κ1) is 19.0. The van der Waals surface area contributed by atoms with Crippen molar-refractivity contribution in [2.75, 3.05) is 33.2 Å². The lowest BCUT2D eigenvalue weighted by molar-refractivity contribution is -0.149. The molecule has 0 aliphatic carbocycles. The van der Waals surface area contributed by atoms with Crippen molar-refractivity contribution in [3.63, 3.8) is 0 Å². The van der Waals surface area contributed by atoms with Crippen molar-refractivity contribution in [3.8, 4) is 5.75 Å². The number of hydrogen-bond donors (Lipinski definition) is 0. The summed E-state index contributed by atoms with van der Waals surface area (Å²) in [4.78, 5) is 11.5. The van der Waals surface area contributed by atoms with E-state index in [1.165, 1.54) is 6.07 Å². The van der Waals surface area contributed by atoms with Crippen LogP contribution >= 0.6 is 23.2 Å². The highest BCUT2D eigenvalue weighted by atomic mass is 35.5. The van der Waals surface area contributed by atoms with Crippen molar-refractivity contribution in [1.82, 2.24) is 0 Å². The van der Waals surface area contributed by atoms with Crippen molar-refractivity contribution in [3.05, 3.63) is 28.2 Å². The first-order valence-corrected chi connectivity index (χ1v) is 7.78. The Morgan fingerprint density at radius 1 is 1.14 bits per heavy atom. The van der Waals surface area contributed by atoms with Crippen LogP contribution in [0.5, 0.6) is 5.75 Å². The second-order valence-corrected chi connectivity index (χ2v) is 5.22. The number of esters is 1. The fourth-order valence-corrected chi connectivity index (χ4v) is 1.87. The number of carbonyl (C=O) groups is 1. The molecular formula is C15H20Cl2O5. The van der Waals surface area contributed by atoms with Gasteiger partial charge in [-0.05, 0) is 24.6 Å². The normalized spacial score (nSPS) is 10.5. The van der Waals surface area contributed by atoms with E-state index in [0.29, 0.717) is 22.4 Å². The highest BCUT2D eigenvalue weighted by Crippen LogP contribution is 2.27. The fourth-order valence-electron chi connectivity index (χ4n) is 1.41. The van der Waals surface area contributed by atoms with Crippen LogP contribution in [0, 0.1) is 0 Å². The predicted octanol–water partition coefficient (Wildman–Crippen LogP) is 3.71. The summed E-state index contributed by atoms with van der Waals surface area (Å²) in [6.07, 6.45) is 2.08. The molecule has 1 aromatic rings. The van der Waals surface area contributed by atoms with Crippen molar-refractivity contribution >= 4 is 29.2 Å². The van der Waals surface area contributed by atoms with Crippen LogP contribution in [0.4, 0.5) is 0 Å². The predicted molar refractivity (Wildman–Crippen MR) is 84.6 cm³/mol. The molecule has 0 fully saturated rings. The third-order valence-corrected chi connectivity index (χ3v) is 3.07. The van der Waals surface area contributed by atoms with Crippen molar-refractivity contribution in [2.24, 2.45) is 0 Å². The smallest absolute Gasteiger partial charge is 0.344 e. The molecule has 0 aliphatic heterocycles. The lowest BCUT2D eigenvalue weighted by atomic mass is 10.3. The van der Waals surface area contributed by atoms with Gasteiger partial charge in [-0.3, -0.25) is 0 Å². The molecule has 5 nitrogen and oxygen atoms in total. The Morgan fingerprint density at radius 2 is 1.91 bits per heavy atom. The minimum atomic E-state index is -0.499. The Kier molecular flexibility index (Phi) is 9.99. The van der Waals surface area contributed by atoms with Crippen LogP contribution in [-0.2, 0) is 19.0 Å². The summed E-state index contributed by atoms with van der Waals surface area (Å²) in [5, 5.41) is 0.839. The van der Waals surface area contributed by atoms with Crippen molar-refractivity contribution < 1.29 is 23.7 Å². The molecule has 0 amide bonds. The summed E-state index contributed by atoms with van der Waals surface area (Å²) in [6.45, 7) is 3.16. The number of carbonyl (C=O) groups excluding carboxylic acids is 1. The molecule has 0 saturated heterocycles. The van der Waals surface area contributed by atoms with E-state index >= 15 is 0 Å². The van der Waals surface area contributed by atoms with Gasteiger partial charge in [0.1, 0.15) is 19.1 Å². The van der Waals surface area contributed by atoms with Gasteiger partial charge in [0.2, 0.25) is 0 Å². The van der Waals surface area contributed by atoms with Gasteiger partial charge < -0.3 is 18.9 Å². The summed E-state index contributed by atoms with van der Waals surface area (Å²) in [7, 11) is 0. The zero-order valence-electron chi connectivity index (χ0n) is 12.5. The molecule has 0 N–H and O–H groups in total. The van der Waals surface area contributed by atoms with Gasteiger partial charge in [-0.15, -0.1) is 0 Å². The van der Waals surface area contributed by atoms with Crippen molar-refractivity contribution in [1.29, 1.82) is 0 Å². The zero-order valence-corrected chi connectivity index (χ0v) is 14.0. The van der Waals surface area contributed by atoms with Crippen LogP contribution in [0.15, 0.2) is 18.2 Å². The molecule has 0 saturated carbocycles. The summed E-state index contributed by atoms with van der Waals surface area (Å²) in [5.41, 5.74) is 0. The molecule has 0 aromatic heterocycles. The Morgan fingerprint density at radius 3 is 2.64 bits per heavy atom. The van der Waals surface area contributed by atoms with Crippen LogP contribution in [0.25, 0.3) is 0 Å². The number of hydrogen-bond acceptors (Lipinski definition) is 5. The maximum Gasteiger partial charge on any atom is 0.344 e. The van der Waals surface area contributed by atoms with Gasteiger partial charge in [0.15, 0.2) is 6.61 Å². The van der Waals surface area contributed by atoms with E-state index in [2.05, 4.69) is 6.92 Å². The molecule has 22 heavy (non-hydrogen) atoms. The summed E-state index contributed by atoms with van der Waals surface area (Å²) >= 11 is 11.7. The molecular weight excluding hydrogens is 331 g/mol. The van der Waals surface area contributed by atoms with Gasteiger partial charge >= 0.3 is 5.97 Å². The standard InChI is InChI=1S/C15H20Cl2O5/c1-2-3-6-19-11-20-7-8-21-15(18)10-22-14-5-4-12(16)9-13(14)17/h4-5,9H,2-3,6-8,10-11H2,1H3. The Hall–Kier alpha value is -1.01. The van der Waals surface area contributed by atoms with Crippen LogP contribution in [-0.4, -0.2) is 39.2 Å². The minimum absolute atomic E-state index is 0.147. The summed E-state index contributed by atoms with van der Waals surface area (Å²) in [5.74, 6) is -0.120. The van der Waals surface area contributed by atoms with Gasteiger partial charge in [0.25, 0.3) is 0 Å². The van der Waals surface area contributed by atoms with Crippen LogP contribution in [0.2, 0.25) is 10.0 Å². The third kappa shape index (κ3) is 8.44. The second-order valence-electron chi connectivity index (χ2n) is 4.37. The fraction of sp³-hybridized carbons (Fsp3) is 0.533. The molecule has 0 aliphatic rings. The SMILES string of the molecule is CCCCOCOCCOC(=O)COc1ccc(Cl)cc1Cl. The lowest BCUT2D eigenvalue weighted by Crippen LogP contribution is -2.18. The minimum Gasteiger partial charge on any atom is -0.480 e. The maximum absolute atomic E-state index is 11.5. The first-order valence-electron chi connectivity index (χ1n) is 7.02. The molecule has 7 heteroatoms. The highest BCUT2D eigenvalue weighted by Gasteiger charge is 2.07. The monoisotopic (exact) mass is 350 g/mol. The van der Waals surface area contributed by atoms with E-state index in [0.717, 1.165) is 12.8 Å². The van der Waals surface area contributed by atoms with E-state index in [9.17, 15) is 4.79 Å². The quantitative estimate of drug-likeness (QED) is 0.346. The van der Waals surface area contributed by atoms with Gasteiger partial charge in [0, 0.05) is 11.6 Å². The van der Waals surface area contributed by atoms with Crippen LogP contribution < -0.4 is 4.74 Å². The molecule has 0 heterocycles. The first-order chi connectivity index (χ1) is 10.6. The van der Waals surface area contributed by atoms with Gasteiger partial charge in [-0.25, -0.2) is 4.79 Å². The van der Waals surface area contributed by atoms with E-state index < -0.39 is 5.97 Å². The molecule has 1 aromatic carbocycles. The Bertz CT molecular complexity index is 454. The molecule has 1 rings (SSSR count). The van der Waals surface area contributed by atoms with Gasteiger partial charge in [0.05, 0.1) is 11.6 Å². The molecule has 0 atom stereocenters. The van der Waals surface area contributed by atoms with Crippen LogP contribution in [0.1, 0.15) is 19.8 Å².